The van der Waals surface area contributed by atoms with Crippen molar-refractivity contribution < 1.29 is 27.5 Å². The Hall–Kier alpha value is -2.74. The Kier molecular flexibility index (Phi) is 8.24. The number of carbonyl (C=O) groups is 2. The van der Waals surface area contributed by atoms with E-state index >= 15 is 0 Å². The summed E-state index contributed by atoms with van der Waals surface area (Å²) in [7, 11) is -3.61. The number of benzene rings is 1. The van der Waals surface area contributed by atoms with Gasteiger partial charge in [0.15, 0.2) is 5.16 Å². The number of amides is 1. The third-order valence-corrected chi connectivity index (χ3v) is 7.56. The van der Waals surface area contributed by atoms with E-state index < -0.39 is 21.2 Å². The minimum Gasteiger partial charge on any atom is -0.462 e. The summed E-state index contributed by atoms with van der Waals surface area (Å²) in [5.74, 6) is -0.979. The standard InChI is InChI=1S/C20H25N5O6S2/c1-3-31-19(27)16-12-22-20(24-17(16)21)32-13(2)18(26)23-14-4-6-15(7-5-14)33(28,29)25-8-10-30-11-9-25/h4-7,12-13H,3,8-11H2,1-2H3,(H,23,26)(H2,21,22,24). The van der Waals surface area contributed by atoms with Gasteiger partial charge in [-0.3, -0.25) is 4.79 Å². The molecule has 1 amide bonds. The van der Waals surface area contributed by atoms with Crippen LogP contribution >= 0.6 is 11.8 Å². The molecule has 178 valence electrons. The van der Waals surface area contributed by atoms with Crippen molar-refractivity contribution in [2.45, 2.75) is 29.1 Å². The average Bonchev–Trinajstić information content (AvgIpc) is 2.80. The van der Waals surface area contributed by atoms with Crippen LogP contribution in [0.5, 0.6) is 0 Å². The highest BCUT2D eigenvalue weighted by molar-refractivity contribution is 8.00. The van der Waals surface area contributed by atoms with Crippen molar-refractivity contribution in [1.82, 2.24) is 14.3 Å². The number of nitrogen functional groups attached to an aromatic ring is 1. The quantitative estimate of drug-likeness (QED) is 0.312. The fourth-order valence-corrected chi connectivity index (χ4v) is 5.06. The van der Waals surface area contributed by atoms with Gasteiger partial charge in [-0.2, -0.15) is 4.31 Å². The lowest BCUT2D eigenvalue weighted by molar-refractivity contribution is -0.115. The highest BCUT2D eigenvalue weighted by Crippen LogP contribution is 2.24. The van der Waals surface area contributed by atoms with Crippen molar-refractivity contribution in [3.8, 4) is 0 Å². The van der Waals surface area contributed by atoms with Crippen LogP contribution in [0.2, 0.25) is 0 Å². The average molecular weight is 496 g/mol. The molecule has 0 radical (unpaired) electrons. The zero-order chi connectivity index (χ0) is 24.0. The molecule has 0 aliphatic carbocycles. The largest absolute Gasteiger partial charge is 0.462 e. The molecule has 1 aromatic heterocycles. The van der Waals surface area contributed by atoms with Gasteiger partial charge in [-0.1, -0.05) is 11.8 Å². The second kappa shape index (κ2) is 10.9. The number of aromatic nitrogens is 2. The number of ether oxygens (including phenoxy) is 2. The monoisotopic (exact) mass is 495 g/mol. The normalized spacial score (nSPS) is 15.6. The Morgan fingerprint density at radius 1 is 1.27 bits per heavy atom. The number of nitrogens with zero attached hydrogens (tertiary/aromatic N) is 3. The molecule has 0 spiro atoms. The number of hydrogen-bond acceptors (Lipinski definition) is 10. The van der Waals surface area contributed by atoms with Crippen LogP contribution in [0.3, 0.4) is 0 Å². The third-order valence-electron chi connectivity index (χ3n) is 4.67. The van der Waals surface area contributed by atoms with Crippen molar-refractivity contribution in [2.75, 3.05) is 44.0 Å². The number of hydrogen-bond donors (Lipinski definition) is 2. The number of sulfonamides is 1. The van der Waals surface area contributed by atoms with Gasteiger partial charge in [0.05, 0.1) is 30.0 Å². The summed E-state index contributed by atoms with van der Waals surface area (Å²) in [5, 5.41) is 2.38. The highest BCUT2D eigenvalue weighted by atomic mass is 32.2. The van der Waals surface area contributed by atoms with Crippen molar-refractivity contribution in [3.05, 3.63) is 36.0 Å². The highest BCUT2D eigenvalue weighted by Gasteiger charge is 2.26. The molecule has 11 nitrogen and oxygen atoms in total. The molecule has 1 unspecified atom stereocenters. The van der Waals surface area contributed by atoms with Crippen LogP contribution < -0.4 is 11.1 Å². The first-order valence-corrected chi connectivity index (χ1v) is 12.5. The van der Waals surface area contributed by atoms with Gasteiger partial charge < -0.3 is 20.5 Å². The lowest BCUT2D eigenvalue weighted by Gasteiger charge is -2.26. The Morgan fingerprint density at radius 2 is 1.94 bits per heavy atom. The number of carbonyl (C=O) groups excluding carboxylic acids is 2. The molecule has 3 rings (SSSR count). The molecule has 3 N–H and O–H groups in total. The maximum absolute atomic E-state index is 12.7. The van der Waals surface area contributed by atoms with Crippen LogP contribution in [-0.2, 0) is 24.3 Å². The molecule has 13 heteroatoms. The van der Waals surface area contributed by atoms with Gasteiger partial charge in [-0.15, -0.1) is 0 Å². The summed E-state index contributed by atoms with van der Waals surface area (Å²) in [5.41, 5.74) is 6.32. The first-order valence-electron chi connectivity index (χ1n) is 10.2. The maximum Gasteiger partial charge on any atom is 0.343 e. The fraction of sp³-hybridized carbons (Fsp3) is 0.400. The van der Waals surface area contributed by atoms with E-state index in [1.54, 1.807) is 13.8 Å². The van der Waals surface area contributed by atoms with E-state index in [1.165, 1.54) is 34.8 Å². The zero-order valence-corrected chi connectivity index (χ0v) is 19.8. The first kappa shape index (κ1) is 24.9. The SMILES string of the molecule is CCOC(=O)c1cnc(SC(C)C(=O)Nc2ccc(S(=O)(=O)N3CCOCC3)cc2)nc1N. The molecular formula is C20H25N5O6S2. The van der Waals surface area contributed by atoms with Crippen LogP contribution in [0.1, 0.15) is 24.2 Å². The molecule has 2 heterocycles. The number of rotatable bonds is 8. The summed E-state index contributed by atoms with van der Waals surface area (Å²) in [6, 6.07) is 5.97. The third kappa shape index (κ3) is 6.19. The number of morpholine rings is 1. The van der Waals surface area contributed by atoms with E-state index in [9.17, 15) is 18.0 Å². The molecule has 0 saturated carbocycles. The molecular weight excluding hydrogens is 470 g/mol. The van der Waals surface area contributed by atoms with Gasteiger partial charge in [-0.25, -0.2) is 23.2 Å². The van der Waals surface area contributed by atoms with Gasteiger partial charge in [0, 0.05) is 25.0 Å². The molecule has 1 atom stereocenters. The second-order valence-electron chi connectivity index (χ2n) is 6.96. The summed E-state index contributed by atoms with van der Waals surface area (Å²) in [6.07, 6.45) is 1.26. The molecule has 1 fully saturated rings. The molecule has 1 aromatic carbocycles. The van der Waals surface area contributed by atoms with Crippen LogP contribution in [0.25, 0.3) is 0 Å². The van der Waals surface area contributed by atoms with E-state index in [-0.39, 0.29) is 33.9 Å². The van der Waals surface area contributed by atoms with Crippen molar-refractivity contribution in [3.63, 3.8) is 0 Å². The minimum atomic E-state index is -3.61. The molecule has 1 aliphatic rings. The van der Waals surface area contributed by atoms with Crippen LogP contribution in [0.4, 0.5) is 11.5 Å². The van der Waals surface area contributed by atoms with Gasteiger partial charge in [0.2, 0.25) is 15.9 Å². The van der Waals surface area contributed by atoms with Gasteiger partial charge in [0.25, 0.3) is 0 Å². The van der Waals surface area contributed by atoms with Crippen molar-refractivity contribution in [1.29, 1.82) is 0 Å². The summed E-state index contributed by atoms with van der Waals surface area (Å²) in [6.45, 7) is 4.89. The maximum atomic E-state index is 12.7. The second-order valence-corrected chi connectivity index (χ2v) is 10.2. The molecule has 33 heavy (non-hydrogen) atoms. The fourth-order valence-electron chi connectivity index (χ4n) is 2.90. The lowest BCUT2D eigenvalue weighted by Crippen LogP contribution is -2.40. The number of nitrogens with two attached hydrogens (primary N) is 1. The minimum absolute atomic E-state index is 0.0318. The smallest absolute Gasteiger partial charge is 0.343 e. The number of anilines is 2. The van der Waals surface area contributed by atoms with Crippen LogP contribution in [0.15, 0.2) is 40.5 Å². The lowest BCUT2D eigenvalue weighted by atomic mass is 10.3. The van der Waals surface area contributed by atoms with Crippen LogP contribution in [-0.4, -0.2) is 72.7 Å². The topological polar surface area (TPSA) is 154 Å². The van der Waals surface area contributed by atoms with Crippen LogP contribution in [0, 0.1) is 0 Å². The predicted octanol–water partition coefficient (Wildman–Crippen LogP) is 1.38. The van der Waals surface area contributed by atoms with Gasteiger partial charge in [0.1, 0.15) is 11.4 Å². The summed E-state index contributed by atoms with van der Waals surface area (Å²) >= 11 is 1.06. The van der Waals surface area contributed by atoms with Gasteiger partial charge in [-0.05, 0) is 38.1 Å². The van der Waals surface area contributed by atoms with Crippen molar-refractivity contribution >= 4 is 45.2 Å². The van der Waals surface area contributed by atoms with E-state index in [1.807, 2.05) is 0 Å². The Balaban J connectivity index is 1.60. The number of nitrogens with one attached hydrogen (secondary N) is 1. The Bertz CT molecular complexity index is 1100. The Morgan fingerprint density at radius 3 is 2.55 bits per heavy atom. The van der Waals surface area contributed by atoms with E-state index in [2.05, 4.69) is 15.3 Å². The molecule has 1 aliphatic heterocycles. The predicted molar refractivity (Wildman–Crippen MR) is 122 cm³/mol. The van der Waals surface area contributed by atoms with Gasteiger partial charge >= 0.3 is 5.97 Å². The summed E-state index contributed by atoms with van der Waals surface area (Å²) in [4.78, 5) is 32.6. The first-order chi connectivity index (χ1) is 15.7. The number of esters is 1. The Labute approximate surface area is 196 Å². The van der Waals surface area contributed by atoms with E-state index in [0.717, 1.165) is 11.8 Å². The number of thioether (sulfide) groups is 1. The van der Waals surface area contributed by atoms with E-state index in [0.29, 0.717) is 32.0 Å². The molecule has 2 aromatic rings. The van der Waals surface area contributed by atoms with Crippen molar-refractivity contribution in [2.24, 2.45) is 0 Å². The summed E-state index contributed by atoms with van der Waals surface area (Å²) < 4.78 is 36.8. The molecule has 0 bridgehead atoms. The van der Waals surface area contributed by atoms with E-state index in [4.69, 9.17) is 15.2 Å². The zero-order valence-electron chi connectivity index (χ0n) is 18.2. The molecule has 1 saturated heterocycles.